The van der Waals surface area contributed by atoms with Crippen molar-refractivity contribution < 1.29 is 13.6 Å². The van der Waals surface area contributed by atoms with Crippen molar-refractivity contribution in [2.24, 2.45) is 0 Å². The standard InChI is InChI=1S/C16H10F2OS/c17-12-3-1-10(2-4-12)7-14(19)16-9-11-8-13(18)5-6-15(11)20-16/h1-6,8-9H,7H2. The molecule has 100 valence electrons. The maximum atomic E-state index is 13.1. The van der Waals surface area contributed by atoms with Crippen LogP contribution >= 0.6 is 11.3 Å². The summed E-state index contributed by atoms with van der Waals surface area (Å²) in [5.74, 6) is -0.676. The fourth-order valence-electron chi connectivity index (χ4n) is 2.03. The quantitative estimate of drug-likeness (QED) is 0.643. The summed E-state index contributed by atoms with van der Waals surface area (Å²) >= 11 is 1.35. The minimum Gasteiger partial charge on any atom is -0.293 e. The molecule has 0 saturated heterocycles. The summed E-state index contributed by atoms with van der Waals surface area (Å²) in [7, 11) is 0. The van der Waals surface area contributed by atoms with Crippen molar-refractivity contribution in [3.05, 3.63) is 70.6 Å². The number of halogens is 2. The molecular weight excluding hydrogens is 278 g/mol. The van der Waals surface area contributed by atoms with Crippen molar-refractivity contribution in [2.45, 2.75) is 6.42 Å². The van der Waals surface area contributed by atoms with E-state index in [1.165, 1.54) is 35.6 Å². The first-order valence-corrected chi connectivity index (χ1v) is 6.90. The molecule has 0 aliphatic heterocycles. The Hall–Kier alpha value is -2.07. The van der Waals surface area contributed by atoms with Crippen molar-refractivity contribution in [3.8, 4) is 0 Å². The van der Waals surface area contributed by atoms with Crippen molar-refractivity contribution in [2.75, 3.05) is 0 Å². The largest absolute Gasteiger partial charge is 0.293 e. The van der Waals surface area contributed by atoms with Crippen molar-refractivity contribution in [1.82, 2.24) is 0 Å². The van der Waals surface area contributed by atoms with Crippen LogP contribution in [0.3, 0.4) is 0 Å². The zero-order valence-electron chi connectivity index (χ0n) is 10.4. The van der Waals surface area contributed by atoms with Crippen molar-refractivity contribution >= 4 is 27.2 Å². The maximum Gasteiger partial charge on any atom is 0.177 e. The number of carbonyl (C=O) groups is 1. The van der Waals surface area contributed by atoms with Gasteiger partial charge in [0, 0.05) is 11.1 Å². The number of carbonyl (C=O) groups excluding carboxylic acids is 1. The summed E-state index contributed by atoms with van der Waals surface area (Å²) in [4.78, 5) is 12.8. The van der Waals surface area contributed by atoms with Gasteiger partial charge in [-0.15, -0.1) is 11.3 Å². The number of hydrogen-bond acceptors (Lipinski definition) is 2. The normalized spacial score (nSPS) is 10.9. The van der Waals surface area contributed by atoms with E-state index in [4.69, 9.17) is 0 Å². The van der Waals surface area contributed by atoms with Crippen LogP contribution in [0.25, 0.3) is 10.1 Å². The Bertz CT molecular complexity index is 775. The Balaban J connectivity index is 1.86. The molecule has 0 fully saturated rings. The van der Waals surface area contributed by atoms with Crippen LogP contribution in [0.2, 0.25) is 0 Å². The topological polar surface area (TPSA) is 17.1 Å². The molecule has 1 nitrogen and oxygen atoms in total. The van der Waals surface area contributed by atoms with Crippen LogP contribution in [-0.4, -0.2) is 5.78 Å². The number of fused-ring (bicyclic) bond motifs is 1. The summed E-state index contributed by atoms with van der Waals surface area (Å²) in [5.41, 5.74) is 0.764. The lowest BCUT2D eigenvalue weighted by Crippen LogP contribution is -2.00. The second-order valence-corrected chi connectivity index (χ2v) is 5.60. The van der Waals surface area contributed by atoms with Crippen LogP contribution in [0, 0.1) is 11.6 Å². The molecule has 0 atom stereocenters. The second kappa shape index (κ2) is 5.13. The second-order valence-electron chi connectivity index (χ2n) is 4.52. The fourth-order valence-corrected chi connectivity index (χ4v) is 3.01. The lowest BCUT2D eigenvalue weighted by molar-refractivity contribution is 0.0997. The van der Waals surface area contributed by atoms with Crippen molar-refractivity contribution in [1.29, 1.82) is 0 Å². The van der Waals surface area contributed by atoms with E-state index in [9.17, 15) is 13.6 Å². The van der Waals surface area contributed by atoms with E-state index in [1.54, 1.807) is 24.3 Å². The van der Waals surface area contributed by atoms with Gasteiger partial charge in [0.2, 0.25) is 0 Å². The molecule has 0 radical (unpaired) electrons. The molecule has 3 aromatic rings. The van der Waals surface area contributed by atoms with Gasteiger partial charge in [-0.2, -0.15) is 0 Å². The van der Waals surface area contributed by atoms with Gasteiger partial charge in [-0.3, -0.25) is 4.79 Å². The highest BCUT2D eigenvalue weighted by atomic mass is 32.1. The molecule has 0 bridgehead atoms. The lowest BCUT2D eigenvalue weighted by atomic mass is 10.1. The third kappa shape index (κ3) is 2.60. The summed E-state index contributed by atoms with van der Waals surface area (Å²) < 4.78 is 26.8. The first-order valence-electron chi connectivity index (χ1n) is 6.08. The van der Waals surface area contributed by atoms with E-state index in [0.717, 1.165) is 15.6 Å². The van der Waals surface area contributed by atoms with Gasteiger partial charge in [-0.05, 0) is 47.3 Å². The molecule has 1 heterocycles. The Labute approximate surface area is 118 Å². The molecule has 20 heavy (non-hydrogen) atoms. The van der Waals surface area contributed by atoms with E-state index >= 15 is 0 Å². The Morgan fingerprint density at radius 2 is 1.65 bits per heavy atom. The Morgan fingerprint density at radius 1 is 0.950 bits per heavy atom. The average Bonchev–Trinajstić information content (AvgIpc) is 2.84. The van der Waals surface area contributed by atoms with E-state index in [-0.39, 0.29) is 23.8 Å². The highest BCUT2D eigenvalue weighted by Gasteiger charge is 2.11. The monoisotopic (exact) mass is 288 g/mol. The Kier molecular flexibility index (Phi) is 3.32. The summed E-state index contributed by atoms with van der Waals surface area (Å²) in [6.07, 6.45) is 0.218. The average molecular weight is 288 g/mol. The van der Waals surface area contributed by atoms with E-state index in [0.29, 0.717) is 4.88 Å². The number of benzene rings is 2. The van der Waals surface area contributed by atoms with E-state index < -0.39 is 0 Å². The van der Waals surface area contributed by atoms with Gasteiger partial charge in [0.05, 0.1) is 4.88 Å². The van der Waals surface area contributed by atoms with Crippen LogP contribution in [0.1, 0.15) is 15.2 Å². The maximum absolute atomic E-state index is 13.1. The fraction of sp³-hybridized carbons (Fsp3) is 0.0625. The lowest BCUT2D eigenvalue weighted by Gasteiger charge is -1.98. The van der Waals surface area contributed by atoms with Gasteiger partial charge in [-0.1, -0.05) is 12.1 Å². The number of thiophene rings is 1. The smallest absolute Gasteiger partial charge is 0.177 e. The minimum atomic E-state index is -0.321. The molecule has 0 aliphatic carbocycles. The molecule has 4 heteroatoms. The molecular formula is C16H10F2OS. The summed E-state index contributed by atoms with van der Waals surface area (Å²) in [5, 5.41) is 0.734. The van der Waals surface area contributed by atoms with Gasteiger partial charge in [-0.25, -0.2) is 8.78 Å². The molecule has 3 rings (SSSR count). The zero-order valence-corrected chi connectivity index (χ0v) is 11.2. The van der Waals surface area contributed by atoms with Crippen LogP contribution in [0.15, 0.2) is 48.5 Å². The zero-order chi connectivity index (χ0) is 14.1. The predicted molar refractivity (Wildman–Crippen MR) is 76.2 cm³/mol. The first kappa shape index (κ1) is 12.9. The highest BCUT2D eigenvalue weighted by Crippen LogP contribution is 2.27. The molecule has 0 spiro atoms. The van der Waals surface area contributed by atoms with Gasteiger partial charge < -0.3 is 0 Å². The molecule has 0 unspecified atom stereocenters. The first-order chi connectivity index (χ1) is 9.61. The van der Waals surface area contributed by atoms with Gasteiger partial charge in [0.15, 0.2) is 5.78 Å². The van der Waals surface area contributed by atoms with Gasteiger partial charge in [0.1, 0.15) is 11.6 Å². The molecule has 0 N–H and O–H groups in total. The van der Waals surface area contributed by atoms with Crippen LogP contribution in [-0.2, 0) is 6.42 Å². The molecule has 1 aromatic heterocycles. The van der Waals surface area contributed by atoms with Crippen LogP contribution in [0.4, 0.5) is 8.78 Å². The number of ketones is 1. The minimum absolute atomic E-state index is 0.0433. The van der Waals surface area contributed by atoms with Crippen LogP contribution < -0.4 is 0 Å². The molecule has 2 aromatic carbocycles. The van der Waals surface area contributed by atoms with E-state index in [1.807, 2.05) is 0 Å². The SMILES string of the molecule is O=C(Cc1ccc(F)cc1)c1cc2cc(F)ccc2s1. The summed E-state index contributed by atoms with van der Waals surface area (Å²) in [6, 6.07) is 12.0. The van der Waals surface area contributed by atoms with E-state index in [2.05, 4.69) is 0 Å². The number of rotatable bonds is 3. The summed E-state index contributed by atoms with van der Waals surface area (Å²) in [6.45, 7) is 0. The Morgan fingerprint density at radius 3 is 2.40 bits per heavy atom. The third-order valence-corrected chi connectivity index (χ3v) is 4.19. The molecule has 0 saturated carbocycles. The van der Waals surface area contributed by atoms with Crippen molar-refractivity contribution in [3.63, 3.8) is 0 Å². The molecule has 0 amide bonds. The third-order valence-electron chi connectivity index (χ3n) is 3.03. The number of Topliss-reactive ketones (excluding diaryl/α,β-unsaturated/α-hetero) is 1. The predicted octanol–water partition coefficient (Wildman–Crippen LogP) is 4.60. The van der Waals surface area contributed by atoms with Crippen LogP contribution in [0.5, 0.6) is 0 Å². The van der Waals surface area contributed by atoms with Gasteiger partial charge in [0.25, 0.3) is 0 Å². The number of hydrogen-bond donors (Lipinski definition) is 0. The highest BCUT2D eigenvalue weighted by molar-refractivity contribution is 7.20. The van der Waals surface area contributed by atoms with Gasteiger partial charge >= 0.3 is 0 Å². The molecule has 0 aliphatic rings.